The Balaban J connectivity index is 0.000000114. The summed E-state index contributed by atoms with van der Waals surface area (Å²) in [6.07, 6.45) is 7.65. The van der Waals surface area contributed by atoms with Crippen LogP contribution in [0.4, 0.5) is 22.7 Å². The number of hydrogen-bond donors (Lipinski definition) is 7. The highest BCUT2D eigenvalue weighted by atomic mass is 79.9. The third-order valence-electron chi connectivity index (χ3n) is 27.7. The van der Waals surface area contributed by atoms with Crippen LogP contribution >= 0.6 is 72.6 Å². The Morgan fingerprint density at radius 1 is 0.319 bits per heavy atom. The van der Waals surface area contributed by atoms with E-state index in [1.165, 1.54) is 67.5 Å². The van der Waals surface area contributed by atoms with Crippen LogP contribution < -0.4 is 64.0 Å². The standard InChI is InChI=1S/3C28H33N3O4S.C13H13NO2S.C8H5BrS/c3*32-27(20-4-6-24-25(15-20)35-13-12-34-24)23(18-30-9-1-2-10-30)29-28(33)21-7-11-31(17-21)22-5-3-19-8-14-36-26(19)16-22;15-13(16)10-3-5-14(8-10)11-2-1-9-4-6-17-12(9)7-11;9-7-2-1-6-3-4-10-8(6)5-7/h3*3-6,8,14-16,21,23,27,32H,1-2,7,9-13,17-18H2,(H,29,33);1-2,4,6-7,10H,3,5,8H2,(H,15,16);1-5H/t21?,23-,27-;21-,23+,27+;21-,23-,27-;;/m101../s1. The maximum atomic E-state index is 13.4. The number of carboxylic acid groups (broad SMARTS) is 1. The fourth-order valence-electron chi connectivity index (χ4n) is 20.0. The zero-order chi connectivity index (χ0) is 92.3. The summed E-state index contributed by atoms with van der Waals surface area (Å²) in [5.41, 5.74) is 6.87. The molecule has 5 aromatic heterocycles. The largest absolute Gasteiger partial charge is 0.486 e. The van der Waals surface area contributed by atoms with Crippen LogP contribution in [-0.4, -0.2) is 228 Å². The second-order valence-electron chi connectivity index (χ2n) is 36.7. The number of hydrogen-bond acceptors (Lipinski definition) is 25. The first kappa shape index (κ1) is 93.7. The van der Waals surface area contributed by atoms with Crippen molar-refractivity contribution in [1.29, 1.82) is 0 Å². The topological polar surface area (TPSA) is 263 Å². The van der Waals surface area contributed by atoms with Crippen LogP contribution in [0.5, 0.6) is 34.5 Å². The number of fused-ring (bicyclic) bond motifs is 8. The summed E-state index contributed by atoms with van der Waals surface area (Å²) in [4.78, 5) is 67.3. The number of aliphatic carboxylic acids is 1. The molecule has 23 rings (SSSR count). The van der Waals surface area contributed by atoms with Gasteiger partial charge in [0.05, 0.1) is 41.8 Å². The average molecular weight is 1980 g/mol. The van der Waals surface area contributed by atoms with Crippen LogP contribution in [0.25, 0.3) is 50.4 Å². The summed E-state index contributed by atoms with van der Waals surface area (Å²) in [6.45, 7) is 17.1. The van der Waals surface area contributed by atoms with Crippen molar-refractivity contribution < 1.29 is 68.0 Å². The number of aliphatic hydroxyl groups is 3. The molecule has 0 bridgehead atoms. The van der Waals surface area contributed by atoms with Gasteiger partial charge in [0.2, 0.25) is 17.7 Å². The Labute approximate surface area is 815 Å². The molecule has 24 nitrogen and oxygen atoms in total. The summed E-state index contributed by atoms with van der Waals surface area (Å²) >= 11 is 12.2. The van der Waals surface area contributed by atoms with Crippen molar-refractivity contribution >= 4 is 169 Å². The molecule has 7 fully saturated rings. The van der Waals surface area contributed by atoms with Crippen molar-refractivity contribution in [2.45, 2.75) is 101 Å². The van der Waals surface area contributed by atoms with E-state index in [0.717, 1.165) is 157 Å². The molecule has 13 aromatic rings. The van der Waals surface area contributed by atoms with Gasteiger partial charge in [0.15, 0.2) is 34.5 Å². The smallest absolute Gasteiger partial charge is 0.308 e. The number of benzene rings is 8. The number of nitrogens with zero attached hydrogens (tertiary/aromatic N) is 7. The molecule has 0 radical (unpaired) electrons. The lowest BCUT2D eigenvalue weighted by Gasteiger charge is -2.30. The lowest BCUT2D eigenvalue weighted by Crippen LogP contribution is -2.48. The maximum absolute atomic E-state index is 13.4. The first-order valence-electron chi connectivity index (χ1n) is 47.6. The molecule has 135 heavy (non-hydrogen) atoms. The van der Waals surface area contributed by atoms with E-state index in [1.807, 2.05) is 54.6 Å². The first-order chi connectivity index (χ1) is 66.0. The fraction of sp³-hybridized carbons (Fsp3) is 0.410. The van der Waals surface area contributed by atoms with Gasteiger partial charge in [-0.15, -0.1) is 56.7 Å². The minimum absolute atomic E-state index is 0.0236. The molecule has 8 aromatic carbocycles. The molecule has 0 saturated carbocycles. The summed E-state index contributed by atoms with van der Waals surface area (Å²) in [7, 11) is 0. The van der Waals surface area contributed by atoms with E-state index in [9.17, 15) is 34.5 Å². The normalized spacial score (nSPS) is 20.6. The maximum Gasteiger partial charge on any atom is 0.308 e. The van der Waals surface area contributed by atoms with E-state index < -0.39 is 42.4 Å². The van der Waals surface area contributed by atoms with E-state index in [1.54, 1.807) is 56.7 Å². The van der Waals surface area contributed by atoms with Crippen LogP contribution in [0.1, 0.15) is 99.2 Å². The van der Waals surface area contributed by atoms with Crippen molar-refractivity contribution in [3.05, 3.63) is 224 Å². The lowest BCUT2D eigenvalue weighted by atomic mass is 9.99. The van der Waals surface area contributed by atoms with Gasteiger partial charge in [-0.25, -0.2) is 0 Å². The van der Waals surface area contributed by atoms with E-state index in [-0.39, 0.29) is 41.4 Å². The predicted molar refractivity (Wildman–Crippen MR) is 546 cm³/mol. The molecule has 0 aliphatic carbocycles. The van der Waals surface area contributed by atoms with Crippen LogP contribution in [0.3, 0.4) is 0 Å². The molecule has 30 heteroatoms. The van der Waals surface area contributed by atoms with Gasteiger partial charge in [-0.1, -0.05) is 64.5 Å². The zero-order valence-corrected chi connectivity index (χ0v) is 81.3. The number of thiophene rings is 5. The third-order valence-corrected chi connectivity index (χ3v) is 32.6. The quantitative estimate of drug-likeness (QED) is 0.0314. The predicted octanol–water partition coefficient (Wildman–Crippen LogP) is 17.9. The highest BCUT2D eigenvalue weighted by molar-refractivity contribution is 9.10. The molecular weight excluding hydrogens is 1870 g/mol. The minimum Gasteiger partial charge on any atom is -0.486 e. The number of carbonyl (C=O) groups excluding carboxylic acids is 3. The third kappa shape index (κ3) is 23.1. The number of likely N-dealkylation sites (tertiary alicyclic amines) is 3. The highest BCUT2D eigenvalue weighted by Gasteiger charge is 2.39. The fourth-order valence-corrected chi connectivity index (χ4v) is 24.7. The van der Waals surface area contributed by atoms with Crippen molar-refractivity contribution in [3.63, 3.8) is 0 Å². The molecule has 2 unspecified atom stereocenters. The van der Waals surface area contributed by atoms with Gasteiger partial charge in [-0.2, -0.15) is 0 Å². The Hall–Kier alpha value is -10.3. The highest BCUT2D eigenvalue weighted by Crippen LogP contribution is 2.41. The van der Waals surface area contributed by atoms with Crippen LogP contribution in [0, 0.1) is 23.7 Å². The molecule has 3 amide bonds. The number of ether oxygens (including phenoxy) is 6. The SMILES string of the molecule is Brc1ccc2ccsc2c1.O=C(N[C@H](CN1CCCC1)[C@H](O)c1ccc2c(c1)OCCO2)C1CCN(c2ccc3ccsc3c2)C1.O=C(N[C@H](CN1CCCC1)[C@H](O)c1ccc2c(c1)OCCO2)[C@@H]1CCN(c2ccc3ccsc3c2)C1.O=C(N[C@H](CN1CCCC1)[C@H](O)c1ccc2c(c1)OCCO2)[C@H]1CCN(c2ccc3ccsc3c2)C1.O=C(O)C1CCN(c2ccc3ccsc3c2)C1. The summed E-state index contributed by atoms with van der Waals surface area (Å²) in [6, 6.07) is 58.4. The van der Waals surface area contributed by atoms with Gasteiger partial charge in [0.25, 0.3) is 0 Å². The number of aliphatic hydroxyl groups excluding tert-OH is 3. The van der Waals surface area contributed by atoms with E-state index in [2.05, 4.69) is 214 Å². The summed E-state index contributed by atoms with van der Waals surface area (Å²) < 4.78 is 41.7. The van der Waals surface area contributed by atoms with Crippen LogP contribution in [-0.2, 0) is 19.2 Å². The number of amides is 3. The zero-order valence-electron chi connectivity index (χ0n) is 75.7. The van der Waals surface area contributed by atoms with Gasteiger partial charge in [0, 0.05) is 123 Å². The molecule has 10 atom stereocenters. The number of carbonyl (C=O) groups is 4. The molecule has 0 spiro atoms. The van der Waals surface area contributed by atoms with Gasteiger partial charge in [0.1, 0.15) is 58.0 Å². The summed E-state index contributed by atoms with van der Waals surface area (Å²) in [5.74, 6) is 2.93. The van der Waals surface area contributed by atoms with Crippen molar-refractivity contribution in [2.75, 3.05) is 171 Å². The molecular formula is C105H117BrN10O14S5. The second kappa shape index (κ2) is 44.0. The lowest BCUT2D eigenvalue weighted by molar-refractivity contribution is -0.141. The van der Waals surface area contributed by atoms with Crippen molar-refractivity contribution in [2.24, 2.45) is 23.7 Å². The number of rotatable bonds is 23. The van der Waals surface area contributed by atoms with E-state index in [4.69, 9.17) is 33.5 Å². The average Bonchev–Trinajstić information content (AvgIpc) is 1.79. The van der Waals surface area contributed by atoms with Crippen molar-refractivity contribution in [3.8, 4) is 34.5 Å². The van der Waals surface area contributed by atoms with Gasteiger partial charge >= 0.3 is 5.97 Å². The molecule has 7 N–H and O–H groups in total. The summed E-state index contributed by atoms with van der Waals surface area (Å²) in [5, 5.41) is 69.8. The monoisotopic (exact) mass is 1980 g/mol. The first-order valence-corrected chi connectivity index (χ1v) is 52.8. The molecule has 15 heterocycles. The number of nitrogens with one attached hydrogen (secondary N) is 3. The number of anilines is 4. The number of carboxylic acids is 1. The Bertz CT molecular complexity index is 5800. The van der Waals surface area contributed by atoms with Gasteiger partial charge in [-0.3, -0.25) is 19.2 Å². The molecule has 10 aliphatic rings. The van der Waals surface area contributed by atoms with E-state index in [0.29, 0.717) is 120 Å². The van der Waals surface area contributed by atoms with Crippen molar-refractivity contribution in [1.82, 2.24) is 30.7 Å². The Morgan fingerprint density at radius 2 is 0.578 bits per heavy atom. The Morgan fingerprint density at radius 3 is 0.859 bits per heavy atom. The van der Waals surface area contributed by atoms with Crippen LogP contribution in [0.15, 0.2) is 207 Å². The second-order valence-corrected chi connectivity index (χ2v) is 42.3. The number of halogens is 1. The molecule has 10 aliphatic heterocycles. The molecule has 7 saturated heterocycles. The molecule has 708 valence electrons. The van der Waals surface area contributed by atoms with E-state index >= 15 is 0 Å². The van der Waals surface area contributed by atoms with Crippen LogP contribution in [0.2, 0.25) is 0 Å². The minimum atomic E-state index is -0.830. The Kier molecular flexibility index (Phi) is 30.5. The van der Waals surface area contributed by atoms with Gasteiger partial charge in [-0.05, 0) is 301 Å². The van der Waals surface area contributed by atoms with Gasteiger partial charge < -0.3 is 99.1 Å².